The largest absolute Gasteiger partial charge is 0.462 e. The van der Waals surface area contributed by atoms with Gasteiger partial charge < -0.3 is 20.1 Å². The van der Waals surface area contributed by atoms with Crippen LogP contribution in [0.15, 0.2) is 42.5 Å². The van der Waals surface area contributed by atoms with Crippen LogP contribution in [0.5, 0.6) is 0 Å². The molecule has 0 heterocycles. The molecule has 0 aliphatic carbocycles. The Morgan fingerprint density at radius 2 is 1.54 bits per heavy atom. The summed E-state index contributed by atoms with van der Waals surface area (Å²) in [6, 6.07) is 10.3. The van der Waals surface area contributed by atoms with Gasteiger partial charge in [-0.05, 0) is 43.2 Å². The lowest BCUT2D eigenvalue weighted by molar-refractivity contribution is -0.385. The fourth-order valence-corrected chi connectivity index (χ4v) is 2.75. The number of esters is 2. The second-order valence-electron chi connectivity index (χ2n) is 8.09. The Morgan fingerprint density at radius 1 is 0.914 bits per heavy atom. The Labute approximate surface area is 201 Å². The first kappa shape index (κ1) is 27.0. The van der Waals surface area contributed by atoms with Crippen LogP contribution in [-0.2, 0) is 23.9 Å². The van der Waals surface area contributed by atoms with Crippen molar-refractivity contribution >= 4 is 40.8 Å². The van der Waals surface area contributed by atoms with Gasteiger partial charge in [0.2, 0.25) is 5.91 Å². The molecule has 2 amide bonds. The van der Waals surface area contributed by atoms with Gasteiger partial charge in [0, 0.05) is 29.4 Å². The molecule has 186 valence electrons. The predicted octanol–water partition coefficient (Wildman–Crippen LogP) is 3.62. The van der Waals surface area contributed by atoms with E-state index in [4.69, 9.17) is 9.47 Å². The minimum Gasteiger partial charge on any atom is -0.462 e. The van der Waals surface area contributed by atoms with Gasteiger partial charge in [-0.25, -0.2) is 4.79 Å². The number of hydrogen-bond donors (Lipinski definition) is 2. The molecule has 0 spiro atoms. The van der Waals surface area contributed by atoms with Crippen LogP contribution in [0.25, 0.3) is 0 Å². The highest BCUT2D eigenvalue weighted by Gasteiger charge is 2.15. The summed E-state index contributed by atoms with van der Waals surface area (Å²) in [5.74, 6) is -2.12. The normalized spacial score (nSPS) is 10.4. The molecule has 11 heteroatoms. The van der Waals surface area contributed by atoms with Crippen molar-refractivity contribution in [1.29, 1.82) is 0 Å². The summed E-state index contributed by atoms with van der Waals surface area (Å²) >= 11 is 0. The molecule has 0 radical (unpaired) electrons. The second-order valence-corrected chi connectivity index (χ2v) is 8.09. The van der Waals surface area contributed by atoms with E-state index >= 15 is 0 Å². The monoisotopic (exact) mass is 485 g/mol. The zero-order chi connectivity index (χ0) is 26.0. The van der Waals surface area contributed by atoms with Gasteiger partial charge in [0.15, 0.2) is 6.61 Å². The lowest BCUT2D eigenvalue weighted by atomic mass is 10.2. The average molecular weight is 485 g/mol. The van der Waals surface area contributed by atoms with Crippen molar-refractivity contribution < 1.29 is 33.6 Å². The average Bonchev–Trinajstić information content (AvgIpc) is 2.81. The molecular formula is C24H27N3O8. The molecule has 35 heavy (non-hydrogen) atoms. The van der Waals surface area contributed by atoms with E-state index in [9.17, 15) is 29.3 Å². The first-order valence-corrected chi connectivity index (χ1v) is 10.8. The van der Waals surface area contributed by atoms with E-state index in [0.717, 1.165) is 0 Å². The number of anilines is 2. The molecule has 2 aromatic rings. The van der Waals surface area contributed by atoms with Gasteiger partial charge in [-0.2, -0.15) is 0 Å². The molecule has 0 bridgehead atoms. The number of nitro groups is 1. The van der Waals surface area contributed by atoms with Gasteiger partial charge >= 0.3 is 11.9 Å². The van der Waals surface area contributed by atoms with E-state index in [0.29, 0.717) is 23.4 Å². The van der Waals surface area contributed by atoms with Crippen LogP contribution in [-0.4, -0.2) is 41.9 Å². The Kier molecular flexibility index (Phi) is 9.88. The van der Waals surface area contributed by atoms with Crippen molar-refractivity contribution in [1.82, 2.24) is 0 Å². The Hall–Kier alpha value is -4.28. The molecular weight excluding hydrogens is 458 g/mol. The zero-order valence-corrected chi connectivity index (χ0v) is 19.7. The van der Waals surface area contributed by atoms with Crippen molar-refractivity contribution in [3.63, 3.8) is 0 Å². The maximum absolute atomic E-state index is 12.1. The van der Waals surface area contributed by atoms with E-state index in [2.05, 4.69) is 10.6 Å². The number of nitrogens with zero attached hydrogens (tertiary/aromatic N) is 1. The van der Waals surface area contributed by atoms with Gasteiger partial charge in [0.25, 0.3) is 11.6 Å². The number of nitro benzene ring substituents is 1. The van der Waals surface area contributed by atoms with E-state index in [-0.39, 0.29) is 30.1 Å². The highest BCUT2D eigenvalue weighted by Crippen LogP contribution is 2.22. The van der Waals surface area contributed by atoms with E-state index in [1.807, 2.05) is 13.8 Å². The maximum Gasteiger partial charge on any atom is 0.338 e. The number of rotatable bonds is 11. The standard InChI is InChI=1S/C24H27N3O8/c1-15(2)13-35-24(31)17-5-8-18(9-6-17)25-21(28)10-11-23(30)34-14-22(29)26-19-7-4-16(3)20(12-19)27(32)33/h4-9,12,15H,10-11,13-14H2,1-3H3,(H,25,28)(H,26,29). The van der Waals surface area contributed by atoms with Gasteiger partial charge in [-0.1, -0.05) is 19.9 Å². The third-order valence-electron chi connectivity index (χ3n) is 4.56. The summed E-state index contributed by atoms with van der Waals surface area (Å²) in [4.78, 5) is 58.2. The minimum absolute atomic E-state index is 0.147. The number of nitrogens with one attached hydrogen (secondary N) is 2. The Morgan fingerprint density at radius 3 is 2.17 bits per heavy atom. The predicted molar refractivity (Wildman–Crippen MR) is 127 cm³/mol. The van der Waals surface area contributed by atoms with Crippen molar-refractivity contribution in [3.05, 3.63) is 63.7 Å². The van der Waals surface area contributed by atoms with E-state index in [1.54, 1.807) is 19.1 Å². The summed E-state index contributed by atoms with van der Waals surface area (Å²) in [6.07, 6.45) is -0.433. The molecule has 0 saturated carbocycles. The van der Waals surface area contributed by atoms with Crippen LogP contribution in [0, 0.1) is 23.0 Å². The third-order valence-corrected chi connectivity index (χ3v) is 4.56. The molecule has 0 saturated heterocycles. The lowest BCUT2D eigenvalue weighted by Gasteiger charge is -2.09. The number of aryl methyl sites for hydroxylation is 1. The fraction of sp³-hybridized carbons (Fsp3) is 0.333. The van der Waals surface area contributed by atoms with Crippen molar-refractivity contribution in [2.45, 2.75) is 33.6 Å². The first-order valence-electron chi connectivity index (χ1n) is 10.8. The zero-order valence-electron chi connectivity index (χ0n) is 19.7. The first-order chi connectivity index (χ1) is 16.5. The summed E-state index contributed by atoms with van der Waals surface area (Å²) in [5.41, 5.74) is 1.28. The molecule has 0 fully saturated rings. The number of carbonyl (C=O) groups is 4. The lowest BCUT2D eigenvalue weighted by Crippen LogP contribution is -2.22. The quantitative estimate of drug-likeness (QED) is 0.278. The Balaban J connectivity index is 1.73. The number of carbonyl (C=O) groups excluding carboxylic acids is 4. The van der Waals surface area contributed by atoms with Crippen LogP contribution in [0.1, 0.15) is 42.6 Å². The van der Waals surface area contributed by atoms with Crippen LogP contribution in [0.4, 0.5) is 17.1 Å². The number of benzene rings is 2. The van der Waals surface area contributed by atoms with Crippen LogP contribution >= 0.6 is 0 Å². The van der Waals surface area contributed by atoms with Gasteiger partial charge in [-0.3, -0.25) is 24.5 Å². The highest BCUT2D eigenvalue weighted by atomic mass is 16.6. The van der Waals surface area contributed by atoms with Crippen LogP contribution in [0.3, 0.4) is 0 Å². The molecule has 0 aromatic heterocycles. The minimum atomic E-state index is -0.756. The van der Waals surface area contributed by atoms with E-state index in [1.165, 1.54) is 30.3 Å². The Bertz CT molecular complexity index is 1100. The number of amides is 2. The van der Waals surface area contributed by atoms with Crippen LogP contribution < -0.4 is 10.6 Å². The molecule has 11 nitrogen and oxygen atoms in total. The third kappa shape index (κ3) is 9.24. The summed E-state index contributed by atoms with van der Waals surface area (Å²) in [7, 11) is 0. The van der Waals surface area contributed by atoms with Crippen molar-refractivity contribution in [3.8, 4) is 0 Å². The van der Waals surface area contributed by atoms with Gasteiger partial charge in [-0.15, -0.1) is 0 Å². The number of ether oxygens (including phenoxy) is 2. The molecule has 0 atom stereocenters. The molecule has 0 aliphatic heterocycles. The van der Waals surface area contributed by atoms with Crippen LogP contribution in [0.2, 0.25) is 0 Å². The van der Waals surface area contributed by atoms with Gasteiger partial charge in [0.05, 0.1) is 23.5 Å². The van der Waals surface area contributed by atoms with Crippen molar-refractivity contribution in [2.24, 2.45) is 5.92 Å². The highest BCUT2D eigenvalue weighted by molar-refractivity contribution is 5.95. The van der Waals surface area contributed by atoms with E-state index < -0.39 is 35.3 Å². The topological polar surface area (TPSA) is 154 Å². The SMILES string of the molecule is Cc1ccc(NC(=O)COC(=O)CCC(=O)Nc2ccc(C(=O)OCC(C)C)cc2)cc1[N+](=O)[O-]. The fourth-order valence-electron chi connectivity index (χ4n) is 2.75. The number of hydrogen-bond acceptors (Lipinski definition) is 8. The molecule has 0 unspecified atom stereocenters. The van der Waals surface area contributed by atoms with Gasteiger partial charge in [0.1, 0.15) is 0 Å². The molecule has 0 aliphatic rings. The molecule has 2 rings (SSSR count). The maximum atomic E-state index is 12.1. The van der Waals surface area contributed by atoms with Crippen molar-refractivity contribution in [2.75, 3.05) is 23.8 Å². The summed E-state index contributed by atoms with van der Waals surface area (Å²) < 4.78 is 9.98. The second kappa shape index (κ2) is 12.8. The molecule has 2 aromatic carbocycles. The molecule has 2 N–H and O–H groups in total. The summed E-state index contributed by atoms with van der Waals surface area (Å²) in [5, 5.41) is 16.0. The smallest absolute Gasteiger partial charge is 0.338 e. The summed E-state index contributed by atoms with van der Waals surface area (Å²) in [6.45, 7) is 5.14.